The minimum Gasteiger partial charge on any atom is -0.299 e. The Morgan fingerprint density at radius 1 is 1.38 bits per heavy atom. The van der Waals surface area contributed by atoms with Gasteiger partial charge in [0, 0.05) is 18.0 Å². The van der Waals surface area contributed by atoms with Crippen molar-refractivity contribution in [3.63, 3.8) is 0 Å². The summed E-state index contributed by atoms with van der Waals surface area (Å²) < 4.78 is 36.9. The molecule has 0 unspecified atom stereocenters. The standard InChI is InChI=1S/C11H12F3NO/c1-7(2)9(16)6-8-4-3-5-10(15-8)11(12,13)14/h3-5,7H,6H2,1-2H3. The number of ketones is 1. The van der Waals surface area contributed by atoms with Gasteiger partial charge in [0.15, 0.2) is 0 Å². The molecule has 0 aromatic carbocycles. The number of aromatic nitrogens is 1. The van der Waals surface area contributed by atoms with E-state index in [0.29, 0.717) is 0 Å². The smallest absolute Gasteiger partial charge is 0.299 e. The molecule has 0 saturated heterocycles. The van der Waals surface area contributed by atoms with Gasteiger partial charge in [-0.3, -0.25) is 4.79 Å². The quantitative estimate of drug-likeness (QED) is 0.800. The van der Waals surface area contributed by atoms with Crippen molar-refractivity contribution in [3.8, 4) is 0 Å². The van der Waals surface area contributed by atoms with E-state index in [1.54, 1.807) is 13.8 Å². The first kappa shape index (κ1) is 12.7. The minimum absolute atomic E-state index is 0.0540. The molecule has 1 aromatic heterocycles. The Balaban J connectivity index is 2.88. The Hall–Kier alpha value is -1.39. The van der Waals surface area contributed by atoms with E-state index >= 15 is 0 Å². The molecule has 0 spiro atoms. The van der Waals surface area contributed by atoms with E-state index in [9.17, 15) is 18.0 Å². The molecule has 0 bridgehead atoms. The molecule has 0 radical (unpaired) electrons. The largest absolute Gasteiger partial charge is 0.433 e. The third kappa shape index (κ3) is 3.32. The van der Waals surface area contributed by atoms with Gasteiger partial charge in [0.05, 0.1) is 0 Å². The Morgan fingerprint density at radius 2 is 2.00 bits per heavy atom. The van der Waals surface area contributed by atoms with Crippen LogP contribution in [0.5, 0.6) is 0 Å². The highest BCUT2D eigenvalue weighted by atomic mass is 19.4. The van der Waals surface area contributed by atoms with Gasteiger partial charge in [0.2, 0.25) is 0 Å². The Kier molecular flexibility index (Phi) is 3.67. The summed E-state index contributed by atoms with van der Waals surface area (Å²) in [5.41, 5.74) is -0.796. The number of alkyl halides is 3. The molecular formula is C11H12F3NO. The molecule has 1 rings (SSSR count). The molecule has 0 amide bonds. The van der Waals surface area contributed by atoms with Crippen LogP contribution >= 0.6 is 0 Å². The topological polar surface area (TPSA) is 30.0 Å². The number of hydrogen-bond acceptors (Lipinski definition) is 2. The van der Waals surface area contributed by atoms with Crippen LogP contribution in [0, 0.1) is 5.92 Å². The van der Waals surface area contributed by atoms with E-state index in [0.717, 1.165) is 6.07 Å². The van der Waals surface area contributed by atoms with Crippen LogP contribution in [0.3, 0.4) is 0 Å². The van der Waals surface area contributed by atoms with Crippen molar-refractivity contribution < 1.29 is 18.0 Å². The van der Waals surface area contributed by atoms with Crippen LogP contribution in [0.1, 0.15) is 25.2 Å². The van der Waals surface area contributed by atoms with Crippen molar-refractivity contribution >= 4 is 5.78 Å². The van der Waals surface area contributed by atoms with Crippen LogP contribution in [0.15, 0.2) is 18.2 Å². The zero-order valence-corrected chi connectivity index (χ0v) is 9.01. The van der Waals surface area contributed by atoms with Crippen LogP contribution in [0.2, 0.25) is 0 Å². The van der Waals surface area contributed by atoms with Crippen LogP contribution in [-0.2, 0) is 17.4 Å². The molecule has 88 valence electrons. The summed E-state index contributed by atoms with van der Waals surface area (Å²) in [6.45, 7) is 3.41. The van der Waals surface area contributed by atoms with E-state index < -0.39 is 11.9 Å². The maximum atomic E-state index is 12.3. The monoisotopic (exact) mass is 231 g/mol. The Labute approximate surface area is 91.5 Å². The molecule has 1 aromatic rings. The number of hydrogen-bond donors (Lipinski definition) is 0. The predicted octanol–water partition coefficient (Wildman–Crippen LogP) is 2.87. The lowest BCUT2D eigenvalue weighted by Crippen LogP contribution is -2.14. The highest BCUT2D eigenvalue weighted by Gasteiger charge is 2.32. The van der Waals surface area contributed by atoms with E-state index in [-0.39, 0.29) is 23.8 Å². The summed E-state index contributed by atoms with van der Waals surface area (Å²) in [5.74, 6) is -0.317. The molecular weight excluding hydrogens is 219 g/mol. The maximum absolute atomic E-state index is 12.3. The van der Waals surface area contributed by atoms with Gasteiger partial charge in [0.25, 0.3) is 0 Å². The SMILES string of the molecule is CC(C)C(=O)Cc1cccc(C(F)(F)F)n1. The number of pyridine rings is 1. The summed E-state index contributed by atoms with van der Waals surface area (Å²) in [6, 6.07) is 3.58. The van der Waals surface area contributed by atoms with Crippen LogP contribution in [0.4, 0.5) is 13.2 Å². The molecule has 0 aliphatic rings. The normalized spacial score (nSPS) is 11.9. The van der Waals surface area contributed by atoms with E-state index in [4.69, 9.17) is 0 Å². The molecule has 0 aliphatic heterocycles. The number of nitrogens with zero attached hydrogens (tertiary/aromatic N) is 1. The molecule has 0 saturated carbocycles. The van der Waals surface area contributed by atoms with Gasteiger partial charge in [0.1, 0.15) is 11.5 Å². The number of Topliss-reactive ketones (excluding diaryl/α,β-unsaturated/α-hetero) is 1. The van der Waals surface area contributed by atoms with Crippen molar-refractivity contribution in [2.45, 2.75) is 26.4 Å². The van der Waals surface area contributed by atoms with Crippen molar-refractivity contribution in [2.24, 2.45) is 5.92 Å². The summed E-state index contributed by atoms with van der Waals surface area (Å²) in [5, 5.41) is 0. The number of halogens is 3. The fourth-order valence-corrected chi connectivity index (χ4v) is 1.12. The van der Waals surface area contributed by atoms with Gasteiger partial charge < -0.3 is 0 Å². The van der Waals surface area contributed by atoms with E-state index in [1.807, 2.05) is 0 Å². The van der Waals surface area contributed by atoms with Crippen LogP contribution < -0.4 is 0 Å². The minimum atomic E-state index is -4.46. The Morgan fingerprint density at radius 3 is 2.50 bits per heavy atom. The molecule has 0 aliphatic carbocycles. The van der Waals surface area contributed by atoms with Gasteiger partial charge >= 0.3 is 6.18 Å². The van der Waals surface area contributed by atoms with Crippen molar-refractivity contribution in [3.05, 3.63) is 29.6 Å². The van der Waals surface area contributed by atoms with Crippen LogP contribution in [0.25, 0.3) is 0 Å². The molecule has 1 heterocycles. The third-order valence-electron chi connectivity index (χ3n) is 2.10. The number of rotatable bonds is 3. The first-order chi connectivity index (χ1) is 7.30. The first-order valence-electron chi connectivity index (χ1n) is 4.86. The van der Waals surface area contributed by atoms with Gasteiger partial charge in [-0.05, 0) is 12.1 Å². The second-order valence-corrected chi connectivity index (χ2v) is 3.81. The average molecular weight is 231 g/mol. The molecule has 0 N–H and O–H groups in total. The fraction of sp³-hybridized carbons (Fsp3) is 0.455. The zero-order chi connectivity index (χ0) is 12.3. The predicted molar refractivity (Wildman–Crippen MR) is 52.8 cm³/mol. The molecule has 0 atom stereocenters. The summed E-state index contributed by atoms with van der Waals surface area (Å²) in [7, 11) is 0. The molecule has 5 heteroatoms. The Bertz CT molecular complexity index is 385. The van der Waals surface area contributed by atoms with Gasteiger partial charge in [-0.15, -0.1) is 0 Å². The maximum Gasteiger partial charge on any atom is 0.433 e. The van der Waals surface area contributed by atoms with Gasteiger partial charge in [-0.2, -0.15) is 13.2 Å². The lowest BCUT2D eigenvalue weighted by molar-refractivity contribution is -0.141. The highest BCUT2D eigenvalue weighted by Crippen LogP contribution is 2.27. The molecule has 0 fully saturated rings. The lowest BCUT2D eigenvalue weighted by Gasteiger charge is -2.08. The molecule has 16 heavy (non-hydrogen) atoms. The van der Waals surface area contributed by atoms with Crippen LogP contribution in [-0.4, -0.2) is 10.8 Å². The highest BCUT2D eigenvalue weighted by molar-refractivity contribution is 5.82. The zero-order valence-electron chi connectivity index (χ0n) is 9.01. The second kappa shape index (κ2) is 4.63. The van der Waals surface area contributed by atoms with Gasteiger partial charge in [-0.25, -0.2) is 4.98 Å². The van der Waals surface area contributed by atoms with Gasteiger partial charge in [-0.1, -0.05) is 19.9 Å². The third-order valence-corrected chi connectivity index (χ3v) is 2.10. The van der Waals surface area contributed by atoms with Crippen molar-refractivity contribution in [1.29, 1.82) is 0 Å². The number of carbonyl (C=O) groups excluding carboxylic acids is 1. The molecule has 2 nitrogen and oxygen atoms in total. The van der Waals surface area contributed by atoms with Crippen molar-refractivity contribution in [2.75, 3.05) is 0 Å². The first-order valence-corrected chi connectivity index (χ1v) is 4.86. The van der Waals surface area contributed by atoms with E-state index in [2.05, 4.69) is 4.98 Å². The second-order valence-electron chi connectivity index (χ2n) is 3.81. The van der Waals surface area contributed by atoms with E-state index in [1.165, 1.54) is 12.1 Å². The summed E-state index contributed by atoms with van der Waals surface area (Å²) in [4.78, 5) is 14.8. The van der Waals surface area contributed by atoms with Crippen molar-refractivity contribution in [1.82, 2.24) is 4.98 Å². The lowest BCUT2D eigenvalue weighted by atomic mass is 10.0. The summed E-state index contributed by atoms with van der Waals surface area (Å²) in [6.07, 6.45) is -4.52. The summed E-state index contributed by atoms with van der Waals surface area (Å²) >= 11 is 0. The average Bonchev–Trinajstić information content (AvgIpc) is 2.16. The fourth-order valence-electron chi connectivity index (χ4n) is 1.12. The number of carbonyl (C=O) groups is 1.